The van der Waals surface area contributed by atoms with Gasteiger partial charge in [0.1, 0.15) is 11.6 Å². The van der Waals surface area contributed by atoms with Crippen LogP contribution in [0.3, 0.4) is 0 Å². The summed E-state index contributed by atoms with van der Waals surface area (Å²) in [6, 6.07) is 7.51. The summed E-state index contributed by atoms with van der Waals surface area (Å²) in [4.78, 5) is 9.14. The lowest BCUT2D eigenvalue weighted by Crippen LogP contribution is -2.07. The number of aromatic nitrogens is 2. The highest BCUT2D eigenvalue weighted by Crippen LogP contribution is 2.23. The van der Waals surface area contributed by atoms with E-state index in [1.807, 2.05) is 18.2 Å². The molecule has 0 aliphatic carbocycles. The molecule has 3 nitrogen and oxygen atoms in total. The number of hydrogen-bond donors (Lipinski definition) is 1. The van der Waals surface area contributed by atoms with E-state index in [2.05, 4.69) is 29.1 Å². The summed E-state index contributed by atoms with van der Waals surface area (Å²) in [6.45, 7) is 5.12. The van der Waals surface area contributed by atoms with Crippen LogP contribution in [0.1, 0.15) is 37.4 Å². The minimum absolute atomic E-state index is 0.602. The van der Waals surface area contributed by atoms with Crippen molar-refractivity contribution >= 4 is 29.0 Å². The molecule has 0 radical (unpaired) electrons. The summed E-state index contributed by atoms with van der Waals surface area (Å²) in [5.41, 5.74) is 2.01. The average molecular weight is 324 g/mol. The zero-order chi connectivity index (χ0) is 15.2. The predicted octanol–water partition coefficient (Wildman–Crippen LogP) is 4.76. The Morgan fingerprint density at radius 3 is 2.57 bits per heavy atom. The molecule has 1 aromatic carbocycles. The Balaban J connectivity index is 2.25. The first-order valence-electron chi connectivity index (χ1n) is 7.17. The van der Waals surface area contributed by atoms with Crippen LogP contribution in [-0.2, 0) is 12.8 Å². The fourth-order valence-electron chi connectivity index (χ4n) is 1.99. The van der Waals surface area contributed by atoms with Crippen molar-refractivity contribution in [1.29, 1.82) is 0 Å². The third-order valence-corrected chi connectivity index (χ3v) is 3.69. The molecule has 2 rings (SSSR count). The molecule has 21 heavy (non-hydrogen) atoms. The molecule has 0 saturated heterocycles. The number of aryl methyl sites for hydroxylation is 1. The van der Waals surface area contributed by atoms with Crippen LogP contribution in [-0.4, -0.2) is 16.5 Å². The van der Waals surface area contributed by atoms with E-state index in [4.69, 9.17) is 23.2 Å². The van der Waals surface area contributed by atoms with Gasteiger partial charge < -0.3 is 5.32 Å². The number of halogens is 2. The van der Waals surface area contributed by atoms with E-state index in [1.54, 1.807) is 6.07 Å². The third-order valence-electron chi connectivity index (χ3n) is 3.11. The molecule has 0 amide bonds. The van der Waals surface area contributed by atoms with Crippen LogP contribution in [0.5, 0.6) is 0 Å². The van der Waals surface area contributed by atoms with Crippen molar-refractivity contribution in [3.8, 4) is 0 Å². The molecule has 0 saturated carbocycles. The Hall–Kier alpha value is -1.32. The number of benzene rings is 1. The Morgan fingerprint density at radius 1 is 1.10 bits per heavy atom. The zero-order valence-corrected chi connectivity index (χ0v) is 13.8. The molecule has 1 heterocycles. The van der Waals surface area contributed by atoms with E-state index >= 15 is 0 Å². The van der Waals surface area contributed by atoms with Crippen LogP contribution in [0.25, 0.3) is 0 Å². The van der Waals surface area contributed by atoms with E-state index in [-0.39, 0.29) is 0 Å². The standard InChI is InChI=1S/C16H19Cl2N3/c1-3-7-19-15-10-13(4-2)20-16(21-15)8-11-5-6-12(17)9-14(11)18/h5-6,9-10H,3-4,7-8H2,1-2H3,(H,19,20,21). The second-order valence-electron chi connectivity index (χ2n) is 4.85. The van der Waals surface area contributed by atoms with Crippen LogP contribution in [0.15, 0.2) is 24.3 Å². The van der Waals surface area contributed by atoms with E-state index < -0.39 is 0 Å². The molecule has 1 N–H and O–H groups in total. The van der Waals surface area contributed by atoms with E-state index in [0.717, 1.165) is 42.3 Å². The van der Waals surface area contributed by atoms with Crippen LogP contribution in [0, 0.1) is 0 Å². The minimum atomic E-state index is 0.602. The third kappa shape index (κ3) is 4.58. The van der Waals surface area contributed by atoms with Crippen LogP contribution < -0.4 is 5.32 Å². The van der Waals surface area contributed by atoms with Gasteiger partial charge in [-0.15, -0.1) is 0 Å². The Morgan fingerprint density at radius 2 is 1.90 bits per heavy atom. The first-order valence-corrected chi connectivity index (χ1v) is 7.92. The fourth-order valence-corrected chi connectivity index (χ4v) is 2.47. The Kier molecular flexibility index (Phi) is 5.83. The number of hydrogen-bond acceptors (Lipinski definition) is 3. The Labute approximate surface area is 135 Å². The summed E-state index contributed by atoms with van der Waals surface area (Å²) in [5.74, 6) is 1.65. The van der Waals surface area contributed by atoms with Crippen molar-refractivity contribution in [3.05, 3.63) is 51.4 Å². The maximum Gasteiger partial charge on any atom is 0.135 e. The van der Waals surface area contributed by atoms with Gasteiger partial charge in [-0.05, 0) is 30.5 Å². The van der Waals surface area contributed by atoms with Gasteiger partial charge >= 0.3 is 0 Å². The first-order chi connectivity index (χ1) is 10.1. The molecular weight excluding hydrogens is 305 g/mol. The number of nitrogens with one attached hydrogen (secondary N) is 1. The van der Waals surface area contributed by atoms with Crippen molar-refractivity contribution in [1.82, 2.24) is 9.97 Å². The van der Waals surface area contributed by atoms with E-state index in [1.165, 1.54) is 0 Å². The highest BCUT2D eigenvalue weighted by Gasteiger charge is 2.08. The lowest BCUT2D eigenvalue weighted by atomic mass is 10.1. The monoisotopic (exact) mass is 323 g/mol. The molecule has 112 valence electrons. The van der Waals surface area contributed by atoms with Gasteiger partial charge in [0.15, 0.2) is 0 Å². The van der Waals surface area contributed by atoms with E-state index in [0.29, 0.717) is 16.5 Å². The highest BCUT2D eigenvalue weighted by atomic mass is 35.5. The van der Waals surface area contributed by atoms with Crippen LogP contribution in [0.4, 0.5) is 5.82 Å². The topological polar surface area (TPSA) is 37.8 Å². The Bertz CT molecular complexity index is 614. The molecule has 2 aromatic rings. The normalized spacial score (nSPS) is 10.7. The largest absolute Gasteiger partial charge is 0.370 e. The molecule has 1 aromatic heterocycles. The first kappa shape index (κ1) is 16.1. The molecule has 0 fully saturated rings. The van der Waals surface area contributed by atoms with Crippen molar-refractivity contribution in [2.24, 2.45) is 0 Å². The second kappa shape index (κ2) is 7.62. The molecule has 0 aliphatic heterocycles. The number of anilines is 1. The van der Waals surface area contributed by atoms with E-state index in [9.17, 15) is 0 Å². The molecule has 0 spiro atoms. The molecule has 0 aliphatic rings. The smallest absolute Gasteiger partial charge is 0.135 e. The summed E-state index contributed by atoms with van der Waals surface area (Å²) in [7, 11) is 0. The summed E-state index contributed by atoms with van der Waals surface area (Å²) < 4.78 is 0. The molecular formula is C16H19Cl2N3. The van der Waals surface area contributed by atoms with Crippen molar-refractivity contribution in [2.45, 2.75) is 33.1 Å². The SMILES string of the molecule is CCCNc1cc(CC)nc(Cc2ccc(Cl)cc2Cl)n1. The van der Waals surface area contributed by atoms with Crippen LogP contribution in [0.2, 0.25) is 10.0 Å². The molecule has 0 bridgehead atoms. The van der Waals surface area contributed by atoms with Gasteiger partial charge in [0.25, 0.3) is 0 Å². The molecule has 5 heteroatoms. The molecule has 0 atom stereocenters. The van der Waals surface area contributed by atoms with Crippen molar-refractivity contribution < 1.29 is 0 Å². The fraction of sp³-hybridized carbons (Fsp3) is 0.375. The van der Waals surface area contributed by atoms with Gasteiger partial charge in [-0.25, -0.2) is 9.97 Å². The van der Waals surface area contributed by atoms with Crippen molar-refractivity contribution in [2.75, 3.05) is 11.9 Å². The van der Waals surface area contributed by atoms with Gasteiger partial charge in [0.2, 0.25) is 0 Å². The second-order valence-corrected chi connectivity index (χ2v) is 5.70. The van der Waals surface area contributed by atoms with Gasteiger partial charge in [-0.2, -0.15) is 0 Å². The summed E-state index contributed by atoms with van der Waals surface area (Å²) in [5, 5.41) is 4.60. The maximum atomic E-state index is 6.22. The zero-order valence-electron chi connectivity index (χ0n) is 12.3. The van der Waals surface area contributed by atoms with Gasteiger partial charge in [-0.1, -0.05) is 43.1 Å². The number of nitrogens with zero attached hydrogens (tertiary/aromatic N) is 2. The summed E-state index contributed by atoms with van der Waals surface area (Å²) >= 11 is 12.1. The average Bonchev–Trinajstić information content (AvgIpc) is 2.48. The lowest BCUT2D eigenvalue weighted by Gasteiger charge is -2.09. The minimum Gasteiger partial charge on any atom is -0.370 e. The lowest BCUT2D eigenvalue weighted by molar-refractivity contribution is 0.892. The van der Waals surface area contributed by atoms with Gasteiger partial charge in [0, 0.05) is 34.8 Å². The van der Waals surface area contributed by atoms with Gasteiger partial charge in [0.05, 0.1) is 0 Å². The number of rotatable bonds is 6. The maximum absolute atomic E-state index is 6.22. The van der Waals surface area contributed by atoms with Crippen LogP contribution >= 0.6 is 23.2 Å². The van der Waals surface area contributed by atoms with Gasteiger partial charge in [-0.3, -0.25) is 0 Å². The quantitative estimate of drug-likeness (QED) is 0.832. The highest BCUT2D eigenvalue weighted by molar-refractivity contribution is 6.35. The van der Waals surface area contributed by atoms with Crippen molar-refractivity contribution in [3.63, 3.8) is 0 Å². The summed E-state index contributed by atoms with van der Waals surface area (Å²) in [6.07, 6.45) is 2.54. The predicted molar refractivity (Wildman–Crippen MR) is 89.5 cm³/mol. The molecule has 0 unspecified atom stereocenters.